The molecule has 100 valence electrons. The van der Waals surface area contributed by atoms with Crippen LogP contribution in [-0.4, -0.2) is 24.7 Å². The van der Waals surface area contributed by atoms with Gasteiger partial charge in [0.05, 0.1) is 5.60 Å². The number of nitrogens with one attached hydrogen (secondary N) is 1. The minimum atomic E-state index is -0.362. The zero-order chi connectivity index (χ0) is 13.8. The number of nitrogen functional groups attached to an aromatic ring is 1. The summed E-state index contributed by atoms with van der Waals surface area (Å²) >= 11 is 0. The Balaban J connectivity index is 2.69. The number of nitrogens with two attached hydrogens (primary N) is 1. The molecule has 0 atom stereocenters. The number of hydrogen-bond acceptors (Lipinski definition) is 3. The average Bonchev–Trinajstić information content (AvgIpc) is 2.29. The second-order valence-corrected chi connectivity index (χ2v) is 4.95. The number of carbonyl (C=O) groups excluding carboxylic acids is 1. The highest BCUT2D eigenvalue weighted by Crippen LogP contribution is 2.13. The molecule has 1 amide bonds. The van der Waals surface area contributed by atoms with Crippen LogP contribution in [0.4, 0.5) is 5.69 Å². The predicted octanol–water partition coefficient (Wildman–Crippen LogP) is 2.12. The van der Waals surface area contributed by atoms with E-state index in [1.54, 1.807) is 12.1 Å². The lowest BCUT2D eigenvalue weighted by Gasteiger charge is -2.25. The highest BCUT2D eigenvalue weighted by Gasteiger charge is 2.19. The lowest BCUT2D eigenvalue weighted by Crippen LogP contribution is -2.40. The van der Waals surface area contributed by atoms with Gasteiger partial charge in [0.2, 0.25) is 0 Å². The van der Waals surface area contributed by atoms with Crippen LogP contribution in [0.25, 0.3) is 0 Å². The van der Waals surface area contributed by atoms with Crippen LogP contribution in [0.15, 0.2) is 18.2 Å². The third kappa shape index (κ3) is 4.04. The molecule has 1 aromatic rings. The van der Waals surface area contributed by atoms with Crippen LogP contribution >= 0.6 is 0 Å². The number of aryl methyl sites for hydroxylation is 1. The van der Waals surface area contributed by atoms with Gasteiger partial charge >= 0.3 is 0 Å². The van der Waals surface area contributed by atoms with E-state index in [0.717, 1.165) is 5.56 Å². The molecule has 18 heavy (non-hydrogen) atoms. The van der Waals surface area contributed by atoms with E-state index in [-0.39, 0.29) is 11.5 Å². The largest absolute Gasteiger partial charge is 0.399 e. The number of anilines is 1. The number of rotatable bonds is 5. The molecule has 0 aromatic heterocycles. The maximum Gasteiger partial charge on any atom is 0.251 e. The van der Waals surface area contributed by atoms with E-state index < -0.39 is 0 Å². The maximum atomic E-state index is 12.0. The Hall–Kier alpha value is -1.55. The minimum Gasteiger partial charge on any atom is -0.399 e. The molecule has 3 N–H and O–H groups in total. The average molecular weight is 250 g/mol. The molecule has 0 aliphatic heterocycles. The van der Waals surface area contributed by atoms with Crippen molar-refractivity contribution in [1.82, 2.24) is 5.32 Å². The fourth-order valence-electron chi connectivity index (χ4n) is 1.71. The summed E-state index contributed by atoms with van der Waals surface area (Å²) in [5.74, 6) is -0.118. The molecular weight excluding hydrogens is 228 g/mol. The molecular formula is C14H22N2O2. The van der Waals surface area contributed by atoms with Gasteiger partial charge in [0.15, 0.2) is 0 Å². The molecule has 0 saturated heterocycles. The Morgan fingerprint density at radius 2 is 2.11 bits per heavy atom. The van der Waals surface area contributed by atoms with Crippen LogP contribution in [0.3, 0.4) is 0 Å². The molecule has 0 fully saturated rings. The van der Waals surface area contributed by atoms with Gasteiger partial charge in [0.25, 0.3) is 5.91 Å². The fraction of sp³-hybridized carbons (Fsp3) is 0.500. The quantitative estimate of drug-likeness (QED) is 0.787. The lowest BCUT2D eigenvalue weighted by atomic mass is 10.1. The molecule has 0 bridgehead atoms. The van der Waals surface area contributed by atoms with Gasteiger partial charge < -0.3 is 15.8 Å². The second kappa shape index (κ2) is 5.87. The molecule has 4 nitrogen and oxygen atoms in total. The zero-order valence-electron chi connectivity index (χ0n) is 11.5. The molecule has 0 radical (unpaired) electrons. The van der Waals surface area contributed by atoms with E-state index in [4.69, 9.17) is 10.5 Å². The molecule has 1 aromatic carbocycles. The Kier molecular flexibility index (Phi) is 4.73. The summed E-state index contributed by atoms with van der Waals surface area (Å²) in [7, 11) is 0. The van der Waals surface area contributed by atoms with Gasteiger partial charge in [-0.3, -0.25) is 4.79 Å². The summed E-state index contributed by atoms with van der Waals surface area (Å²) in [5, 5.41) is 2.87. The highest BCUT2D eigenvalue weighted by molar-refractivity contribution is 5.96. The van der Waals surface area contributed by atoms with Crippen LogP contribution in [0.5, 0.6) is 0 Å². The van der Waals surface area contributed by atoms with Crippen molar-refractivity contribution >= 4 is 11.6 Å². The van der Waals surface area contributed by atoms with Gasteiger partial charge in [-0.15, -0.1) is 0 Å². The fourth-order valence-corrected chi connectivity index (χ4v) is 1.71. The standard InChI is InChI=1S/C14H22N2O2/c1-5-18-14(3,4)9-16-13(17)12-8-11(15)7-6-10(12)2/h6-8H,5,9,15H2,1-4H3,(H,16,17). The van der Waals surface area contributed by atoms with E-state index in [1.807, 2.05) is 33.8 Å². The third-order valence-electron chi connectivity index (χ3n) is 2.72. The molecule has 0 heterocycles. The molecule has 0 aliphatic rings. The summed E-state index contributed by atoms with van der Waals surface area (Å²) in [6.07, 6.45) is 0. The number of carbonyl (C=O) groups is 1. The molecule has 0 spiro atoms. The van der Waals surface area contributed by atoms with E-state index in [1.165, 1.54) is 0 Å². The number of benzene rings is 1. The van der Waals surface area contributed by atoms with Crippen LogP contribution in [-0.2, 0) is 4.74 Å². The zero-order valence-corrected chi connectivity index (χ0v) is 11.5. The smallest absolute Gasteiger partial charge is 0.251 e. The highest BCUT2D eigenvalue weighted by atomic mass is 16.5. The monoisotopic (exact) mass is 250 g/mol. The van der Waals surface area contributed by atoms with Crippen molar-refractivity contribution in [3.63, 3.8) is 0 Å². The maximum absolute atomic E-state index is 12.0. The summed E-state index contributed by atoms with van der Waals surface area (Å²) in [6, 6.07) is 5.33. The third-order valence-corrected chi connectivity index (χ3v) is 2.72. The molecule has 0 saturated carbocycles. The first-order chi connectivity index (χ1) is 8.35. The Labute approximate surface area is 109 Å². The van der Waals surface area contributed by atoms with Crippen molar-refractivity contribution < 1.29 is 9.53 Å². The normalized spacial score (nSPS) is 11.3. The van der Waals surface area contributed by atoms with Crippen molar-refractivity contribution in [2.24, 2.45) is 0 Å². The molecule has 0 unspecified atom stereocenters. The topological polar surface area (TPSA) is 64.3 Å². The summed E-state index contributed by atoms with van der Waals surface area (Å²) in [4.78, 5) is 12.0. The molecule has 1 rings (SSSR count). The first-order valence-corrected chi connectivity index (χ1v) is 6.14. The number of amides is 1. The van der Waals surface area contributed by atoms with Gasteiger partial charge in [0.1, 0.15) is 0 Å². The van der Waals surface area contributed by atoms with Crippen molar-refractivity contribution in [2.45, 2.75) is 33.3 Å². The van der Waals surface area contributed by atoms with Gasteiger partial charge in [-0.25, -0.2) is 0 Å². The van der Waals surface area contributed by atoms with Crippen LogP contribution in [0.1, 0.15) is 36.7 Å². The Bertz CT molecular complexity index is 428. The summed E-state index contributed by atoms with van der Waals surface area (Å²) in [5.41, 5.74) is 7.45. The van der Waals surface area contributed by atoms with Gasteiger partial charge in [0, 0.05) is 24.4 Å². The first-order valence-electron chi connectivity index (χ1n) is 6.14. The van der Waals surface area contributed by atoms with Crippen molar-refractivity contribution in [2.75, 3.05) is 18.9 Å². The number of ether oxygens (including phenoxy) is 1. The molecule has 4 heteroatoms. The van der Waals surface area contributed by atoms with Crippen LogP contribution in [0.2, 0.25) is 0 Å². The Morgan fingerprint density at radius 1 is 1.44 bits per heavy atom. The summed E-state index contributed by atoms with van der Waals surface area (Å²) < 4.78 is 5.53. The van der Waals surface area contributed by atoms with Crippen LogP contribution < -0.4 is 11.1 Å². The van der Waals surface area contributed by atoms with E-state index >= 15 is 0 Å². The van der Waals surface area contributed by atoms with Gasteiger partial charge in [-0.2, -0.15) is 0 Å². The summed E-state index contributed by atoms with van der Waals surface area (Å²) in [6.45, 7) is 8.81. The van der Waals surface area contributed by atoms with E-state index in [9.17, 15) is 4.79 Å². The lowest BCUT2D eigenvalue weighted by molar-refractivity contribution is -0.00815. The van der Waals surface area contributed by atoms with Crippen molar-refractivity contribution in [1.29, 1.82) is 0 Å². The van der Waals surface area contributed by atoms with Crippen LogP contribution in [0, 0.1) is 6.92 Å². The van der Waals surface area contributed by atoms with E-state index in [0.29, 0.717) is 24.4 Å². The second-order valence-electron chi connectivity index (χ2n) is 4.95. The predicted molar refractivity (Wildman–Crippen MR) is 73.6 cm³/mol. The van der Waals surface area contributed by atoms with E-state index in [2.05, 4.69) is 5.32 Å². The van der Waals surface area contributed by atoms with Crippen molar-refractivity contribution in [3.05, 3.63) is 29.3 Å². The Morgan fingerprint density at radius 3 is 2.72 bits per heavy atom. The SMILES string of the molecule is CCOC(C)(C)CNC(=O)c1cc(N)ccc1C. The minimum absolute atomic E-state index is 0.118. The molecule has 0 aliphatic carbocycles. The van der Waals surface area contributed by atoms with Gasteiger partial charge in [-0.05, 0) is 45.4 Å². The number of hydrogen-bond donors (Lipinski definition) is 2. The van der Waals surface area contributed by atoms with Crippen molar-refractivity contribution in [3.8, 4) is 0 Å². The first kappa shape index (κ1) is 14.5. The van der Waals surface area contributed by atoms with Gasteiger partial charge in [-0.1, -0.05) is 6.07 Å².